The number of carbonyl (C=O) groups is 1. The Hall–Kier alpha value is -2.13. The molecule has 0 saturated heterocycles. The highest BCUT2D eigenvalue weighted by atomic mass is 16.2. The minimum absolute atomic E-state index is 0.144. The molecule has 1 amide bonds. The molecule has 2 aromatic rings. The first-order valence-corrected chi connectivity index (χ1v) is 7.43. The van der Waals surface area contributed by atoms with Crippen molar-refractivity contribution in [2.75, 3.05) is 6.54 Å². The summed E-state index contributed by atoms with van der Waals surface area (Å²) in [6.45, 7) is 2.03. The smallest absolute Gasteiger partial charge is 0.254 e. The Morgan fingerprint density at radius 3 is 2.48 bits per heavy atom. The third-order valence-corrected chi connectivity index (χ3v) is 4.04. The molecule has 0 atom stereocenters. The number of benzene rings is 2. The van der Waals surface area contributed by atoms with E-state index in [1.54, 1.807) is 0 Å². The summed E-state index contributed by atoms with van der Waals surface area (Å²) in [5.41, 5.74) is 9.91. The number of hydrogen-bond donors (Lipinski definition) is 1. The summed E-state index contributed by atoms with van der Waals surface area (Å²) in [7, 11) is 0. The highest BCUT2D eigenvalue weighted by Crippen LogP contribution is 2.20. The van der Waals surface area contributed by atoms with Gasteiger partial charge in [-0.1, -0.05) is 42.5 Å². The summed E-state index contributed by atoms with van der Waals surface area (Å²) in [5, 5.41) is 0. The third-order valence-electron chi connectivity index (χ3n) is 4.04. The highest BCUT2D eigenvalue weighted by Gasteiger charge is 2.21. The SMILES string of the molecule is NCc1ccc(CN2CCCc3ccccc3C2=O)cc1. The monoisotopic (exact) mass is 280 g/mol. The maximum atomic E-state index is 12.7. The summed E-state index contributed by atoms with van der Waals surface area (Å²) >= 11 is 0. The first-order chi connectivity index (χ1) is 10.3. The van der Waals surface area contributed by atoms with E-state index in [2.05, 4.69) is 18.2 Å². The van der Waals surface area contributed by atoms with Crippen LogP contribution in [0.2, 0.25) is 0 Å². The van der Waals surface area contributed by atoms with E-state index >= 15 is 0 Å². The number of aryl methyl sites for hydroxylation is 1. The van der Waals surface area contributed by atoms with Crippen molar-refractivity contribution in [3.8, 4) is 0 Å². The second kappa shape index (κ2) is 6.10. The van der Waals surface area contributed by atoms with Gasteiger partial charge in [0.2, 0.25) is 0 Å². The topological polar surface area (TPSA) is 46.3 Å². The lowest BCUT2D eigenvalue weighted by molar-refractivity contribution is 0.0749. The van der Waals surface area contributed by atoms with E-state index in [-0.39, 0.29) is 5.91 Å². The van der Waals surface area contributed by atoms with Crippen LogP contribution in [0.3, 0.4) is 0 Å². The molecule has 0 bridgehead atoms. The number of rotatable bonds is 3. The molecule has 2 N–H and O–H groups in total. The van der Waals surface area contributed by atoms with Crippen LogP contribution in [0.5, 0.6) is 0 Å². The van der Waals surface area contributed by atoms with Crippen LogP contribution in [0.25, 0.3) is 0 Å². The Morgan fingerprint density at radius 1 is 1.00 bits per heavy atom. The van der Waals surface area contributed by atoms with Gasteiger partial charge >= 0.3 is 0 Å². The summed E-state index contributed by atoms with van der Waals surface area (Å²) < 4.78 is 0. The largest absolute Gasteiger partial charge is 0.334 e. The minimum atomic E-state index is 0.144. The van der Waals surface area contributed by atoms with Crippen molar-refractivity contribution in [2.45, 2.75) is 25.9 Å². The standard InChI is InChI=1S/C18H20N2O/c19-12-14-7-9-15(10-8-14)13-20-11-3-5-16-4-1-2-6-17(16)18(20)21/h1-2,4,6-10H,3,5,11-13,19H2. The maximum Gasteiger partial charge on any atom is 0.254 e. The van der Waals surface area contributed by atoms with E-state index in [4.69, 9.17) is 5.73 Å². The van der Waals surface area contributed by atoms with Gasteiger partial charge in [-0.05, 0) is 35.6 Å². The molecule has 0 spiro atoms. The maximum absolute atomic E-state index is 12.7. The van der Waals surface area contributed by atoms with Crippen molar-refractivity contribution in [3.05, 3.63) is 70.8 Å². The molecule has 0 unspecified atom stereocenters. The van der Waals surface area contributed by atoms with E-state index in [0.29, 0.717) is 13.1 Å². The zero-order valence-corrected chi connectivity index (χ0v) is 12.1. The molecule has 3 rings (SSSR count). The Bertz CT molecular complexity index is 634. The Balaban J connectivity index is 1.80. The van der Waals surface area contributed by atoms with Gasteiger partial charge < -0.3 is 10.6 Å². The molecule has 3 heteroatoms. The van der Waals surface area contributed by atoms with Gasteiger partial charge in [0.25, 0.3) is 5.91 Å². The van der Waals surface area contributed by atoms with Gasteiger partial charge in [-0.3, -0.25) is 4.79 Å². The molecule has 108 valence electrons. The van der Waals surface area contributed by atoms with E-state index < -0.39 is 0 Å². The van der Waals surface area contributed by atoms with E-state index in [0.717, 1.165) is 36.1 Å². The van der Waals surface area contributed by atoms with Crippen molar-refractivity contribution in [1.29, 1.82) is 0 Å². The molecule has 0 fully saturated rings. The molecule has 21 heavy (non-hydrogen) atoms. The van der Waals surface area contributed by atoms with Crippen LogP contribution in [0.1, 0.15) is 33.5 Å². The summed E-state index contributed by atoms with van der Waals surface area (Å²) in [4.78, 5) is 14.6. The summed E-state index contributed by atoms with van der Waals surface area (Å²) in [6.07, 6.45) is 1.99. The molecule has 0 saturated carbocycles. The lowest BCUT2D eigenvalue weighted by atomic mass is 10.0. The molecule has 0 aliphatic carbocycles. The fourth-order valence-corrected chi connectivity index (χ4v) is 2.83. The van der Waals surface area contributed by atoms with E-state index in [9.17, 15) is 4.79 Å². The van der Waals surface area contributed by atoms with Crippen LogP contribution in [0.15, 0.2) is 48.5 Å². The summed E-state index contributed by atoms with van der Waals surface area (Å²) in [6, 6.07) is 16.1. The average molecular weight is 280 g/mol. The zero-order chi connectivity index (χ0) is 14.7. The Labute approximate surface area is 125 Å². The molecule has 3 nitrogen and oxygen atoms in total. The number of hydrogen-bond acceptors (Lipinski definition) is 2. The number of nitrogens with two attached hydrogens (primary N) is 1. The predicted molar refractivity (Wildman–Crippen MR) is 83.8 cm³/mol. The lowest BCUT2D eigenvalue weighted by Gasteiger charge is -2.21. The number of amides is 1. The fourth-order valence-electron chi connectivity index (χ4n) is 2.83. The van der Waals surface area contributed by atoms with Crippen molar-refractivity contribution in [2.24, 2.45) is 5.73 Å². The number of carbonyl (C=O) groups excluding carboxylic acids is 1. The average Bonchev–Trinajstić information content (AvgIpc) is 2.69. The van der Waals surface area contributed by atoms with Crippen LogP contribution in [-0.4, -0.2) is 17.4 Å². The predicted octanol–water partition coefficient (Wildman–Crippen LogP) is 2.73. The van der Waals surface area contributed by atoms with Crippen LogP contribution in [0.4, 0.5) is 0 Å². The van der Waals surface area contributed by atoms with Gasteiger partial charge in [0.15, 0.2) is 0 Å². The van der Waals surface area contributed by atoms with Crippen LogP contribution in [0, 0.1) is 0 Å². The van der Waals surface area contributed by atoms with Gasteiger partial charge in [-0.15, -0.1) is 0 Å². The van der Waals surface area contributed by atoms with Gasteiger partial charge in [-0.25, -0.2) is 0 Å². The first kappa shape index (κ1) is 13.8. The molecule has 0 radical (unpaired) electrons. The molecule has 2 aromatic carbocycles. The first-order valence-electron chi connectivity index (χ1n) is 7.43. The molecule has 1 aliphatic rings. The Kier molecular flexibility index (Phi) is 4.02. The quantitative estimate of drug-likeness (QED) is 0.939. The van der Waals surface area contributed by atoms with Gasteiger partial charge in [0, 0.05) is 25.2 Å². The third kappa shape index (κ3) is 2.98. The second-order valence-corrected chi connectivity index (χ2v) is 5.51. The minimum Gasteiger partial charge on any atom is -0.334 e. The number of fused-ring (bicyclic) bond motifs is 1. The zero-order valence-electron chi connectivity index (χ0n) is 12.1. The van der Waals surface area contributed by atoms with Crippen LogP contribution in [-0.2, 0) is 19.5 Å². The number of nitrogens with zero attached hydrogens (tertiary/aromatic N) is 1. The van der Waals surface area contributed by atoms with Gasteiger partial charge in [0.1, 0.15) is 0 Å². The van der Waals surface area contributed by atoms with Crippen LogP contribution < -0.4 is 5.73 Å². The highest BCUT2D eigenvalue weighted by molar-refractivity contribution is 5.96. The molecular weight excluding hydrogens is 260 g/mol. The Morgan fingerprint density at radius 2 is 1.71 bits per heavy atom. The lowest BCUT2D eigenvalue weighted by Crippen LogP contribution is -2.30. The second-order valence-electron chi connectivity index (χ2n) is 5.51. The van der Waals surface area contributed by atoms with E-state index in [1.165, 1.54) is 5.56 Å². The van der Waals surface area contributed by atoms with E-state index in [1.807, 2.05) is 35.2 Å². The molecule has 1 aliphatic heterocycles. The van der Waals surface area contributed by atoms with Gasteiger partial charge in [-0.2, -0.15) is 0 Å². The molecular formula is C18H20N2O. The fraction of sp³-hybridized carbons (Fsp3) is 0.278. The molecule has 0 aromatic heterocycles. The summed E-state index contributed by atoms with van der Waals surface area (Å²) in [5.74, 6) is 0.144. The van der Waals surface area contributed by atoms with Crippen molar-refractivity contribution < 1.29 is 4.79 Å². The normalized spacial score (nSPS) is 14.7. The van der Waals surface area contributed by atoms with Crippen molar-refractivity contribution >= 4 is 5.91 Å². The van der Waals surface area contributed by atoms with Crippen molar-refractivity contribution in [1.82, 2.24) is 4.90 Å². The van der Waals surface area contributed by atoms with Gasteiger partial charge in [0.05, 0.1) is 0 Å². The van der Waals surface area contributed by atoms with Crippen LogP contribution >= 0.6 is 0 Å². The molecule has 1 heterocycles. The van der Waals surface area contributed by atoms with Crippen molar-refractivity contribution in [3.63, 3.8) is 0 Å².